The average molecular weight is 326 g/mol. The number of rotatable bonds is 6. The molecule has 0 fully saturated rings. The molecule has 0 aliphatic heterocycles. The molecular formula is C20H30N4. The zero-order valence-corrected chi connectivity index (χ0v) is 15.6. The number of nitrogens with one attached hydrogen (secondary N) is 2. The minimum Gasteiger partial charge on any atom is -0.357 e. The Balaban J connectivity index is 1.90. The molecule has 4 heteroatoms. The average Bonchev–Trinajstić information content (AvgIpc) is 3.00. The fraction of sp³-hybridized carbons (Fsp3) is 0.450. The van der Waals surface area contributed by atoms with E-state index in [4.69, 9.17) is 0 Å². The molecule has 0 radical (unpaired) electrons. The SMILES string of the molecule is CCc1ccc(C(C)(C)CNC(=NC)NCc2ccn(C)c2)cc1. The quantitative estimate of drug-likeness (QED) is 0.632. The molecular weight excluding hydrogens is 296 g/mol. The fourth-order valence-electron chi connectivity index (χ4n) is 2.67. The van der Waals surface area contributed by atoms with Gasteiger partial charge in [0.1, 0.15) is 0 Å². The molecule has 0 unspecified atom stereocenters. The largest absolute Gasteiger partial charge is 0.357 e. The summed E-state index contributed by atoms with van der Waals surface area (Å²) in [6.07, 6.45) is 5.24. The molecule has 0 bridgehead atoms. The van der Waals surface area contributed by atoms with E-state index in [1.807, 2.05) is 14.1 Å². The second-order valence-electron chi connectivity index (χ2n) is 6.90. The zero-order valence-electron chi connectivity index (χ0n) is 15.6. The molecule has 2 N–H and O–H groups in total. The molecule has 0 aliphatic carbocycles. The van der Waals surface area contributed by atoms with Crippen molar-refractivity contribution >= 4 is 5.96 Å². The van der Waals surface area contributed by atoms with Crippen LogP contribution in [0.3, 0.4) is 0 Å². The van der Waals surface area contributed by atoms with E-state index in [0.717, 1.165) is 25.5 Å². The third-order valence-corrected chi connectivity index (χ3v) is 4.42. The van der Waals surface area contributed by atoms with E-state index >= 15 is 0 Å². The van der Waals surface area contributed by atoms with Crippen LogP contribution in [-0.4, -0.2) is 24.1 Å². The molecule has 0 atom stereocenters. The van der Waals surface area contributed by atoms with Crippen LogP contribution >= 0.6 is 0 Å². The molecule has 0 spiro atoms. The van der Waals surface area contributed by atoms with Crippen LogP contribution in [0.15, 0.2) is 47.7 Å². The number of aryl methyl sites for hydroxylation is 2. The van der Waals surface area contributed by atoms with Gasteiger partial charge in [0.25, 0.3) is 0 Å². The minimum atomic E-state index is 0.0383. The van der Waals surface area contributed by atoms with Gasteiger partial charge in [-0.05, 0) is 29.2 Å². The summed E-state index contributed by atoms with van der Waals surface area (Å²) >= 11 is 0. The van der Waals surface area contributed by atoms with Crippen molar-refractivity contribution in [1.82, 2.24) is 15.2 Å². The predicted octanol–water partition coefficient (Wildman–Crippen LogP) is 3.23. The Morgan fingerprint density at radius 2 is 1.79 bits per heavy atom. The summed E-state index contributed by atoms with van der Waals surface area (Å²) in [5, 5.41) is 6.81. The van der Waals surface area contributed by atoms with Crippen molar-refractivity contribution < 1.29 is 0 Å². The summed E-state index contributed by atoms with van der Waals surface area (Å²) in [6.45, 7) is 8.29. The number of hydrogen-bond donors (Lipinski definition) is 2. The van der Waals surface area contributed by atoms with Gasteiger partial charge in [0.2, 0.25) is 0 Å². The summed E-state index contributed by atoms with van der Waals surface area (Å²) in [4.78, 5) is 4.32. The maximum atomic E-state index is 4.32. The fourth-order valence-corrected chi connectivity index (χ4v) is 2.67. The summed E-state index contributed by atoms with van der Waals surface area (Å²) in [6, 6.07) is 11.0. The van der Waals surface area contributed by atoms with Gasteiger partial charge in [-0.15, -0.1) is 0 Å². The Labute approximate surface area is 146 Å². The summed E-state index contributed by atoms with van der Waals surface area (Å²) in [7, 11) is 3.84. The van der Waals surface area contributed by atoms with Crippen LogP contribution in [0.2, 0.25) is 0 Å². The highest BCUT2D eigenvalue weighted by Crippen LogP contribution is 2.22. The number of benzene rings is 1. The van der Waals surface area contributed by atoms with Crippen molar-refractivity contribution in [2.45, 2.75) is 39.2 Å². The molecule has 24 heavy (non-hydrogen) atoms. The Morgan fingerprint density at radius 1 is 1.08 bits per heavy atom. The molecule has 1 heterocycles. The molecule has 2 rings (SSSR count). The maximum Gasteiger partial charge on any atom is 0.191 e. The molecule has 0 saturated heterocycles. The van der Waals surface area contributed by atoms with E-state index in [-0.39, 0.29) is 5.41 Å². The van der Waals surface area contributed by atoms with Crippen molar-refractivity contribution in [1.29, 1.82) is 0 Å². The van der Waals surface area contributed by atoms with Crippen molar-refractivity contribution in [2.24, 2.45) is 12.0 Å². The maximum absolute atomic E-state index is 4.32. The Bertz CT molecular complexity index is 665. The summed E-state index contributed by atoms with van der Waals surface area (Å²) in [5.41, 5.74) is 4.00. The number of aliphatic imine (C=N–C) groups is 1. The third kappa shape index (κ3) is 4.88. The van der Waals surface area contributed by atoms with E-state index in [9.17, 15) is 0 Å². The van der Waals surface area contributed by atoms with Gasteiger partial charge in [-0.25, -0.2) is 0 Å². The molecule has 1 aromatic carbocycles. The van der Waals surface area contributed by atoms with Gasteiger partial charge >= 0.3 is 0 Å². The van der Waals surface area contributed by atoms with Gasteiger partial charge in [0, 0.05) is 45.0 Å². The van der Waals surface area contributed by atoms with E-state index in [0.29, 0.717) is 0 Å². The lowest BCUT2D eigenvalue weighted by atomic mass is 9.84. The van der Waals surface area contributed by atoms with Crippen LogP contribution in [0.5, 0.6) is 0 Å². The first kappa shape index (κ1) is 18.1. The third-order valence-electron chi connectivity index (χ3n) is 4.42. The van der Waals surface area contributed by atoms with E-state index in [1.165, 1.54) is 16.7 Å². The lowest BCUT2D eigenvalue weighted by molar-refractivity contribution is 0.508. The van der Waals surface area contributed by atoms with Crippen molar-refractivity contribution in [3.8, 4) is 0 Å². The Morgan fingerprint density at radius 3 is 2.33 bits per heavy atom. The van der Waals surface area contributed by atoms with Gasteiger partial charge < -0.3 is 15.2 Å². The van der Waals surface area contributed by atoms with Gasteiger partial charge in [0.15, 0.2) is 5.96 Å². The highest BCUT2D eigenvalue weighted by Gasteiger charge is 2.20. The lowest BCUT2D eigenvalue weighted by Gasteiger charge is -2.27. The van der Waals surface area contributed by atoms with Crippen molar-refractivity contribution in [2.75, 3.05) is 13.6 Å². The molecule has 1 aromatic heterocycles. The zero-order chi connectivity index (χ0) is 17.6. The van der Waals surface area contributed by atoms with Crippen LogP contribution in [-0.2, 0) is 25.4 Å². The second-order valence-corrected chi connectivity index (χ2v) is 6.90. The molecule has 0 amide bonds. The molecule has 4 nitrogen and oxygen atoms in total. The standard InChI is InChI=1S/C20H30N4/c1-6-16-7-9-18(10-8-16)20(2,3)15-23-19(21-4)22-13-17-11-12-24(5)14-17/h7-12,14H,6,13,15H2,1-5H3,(H2,21,22,23). The second kappa shape index (κ2) is 8.04. The first-order valence-corrected chi connectivity index (χ1v) is 8.59. The normalized spacial score (nSPS) is 12.3. The van der Waals surface area contributed by atoms with Crippen molar-refractivity contribution in [3.05, 3.63) is 59.4 Å². The monoisotopic (exact) mass is 326 g/mol. The van der Waals surface area contributed by atoms with Crippen LogP contribution in [0.25, 0.3) is 0 Å². The van der Waals surface area contributed by atoms with E-state index in [2.05, 4.69) is 83.7 Å². The summed E-state index contributed by atoms with van der Waals surface area (Å²) in [5.74, 6) is 0.831. The smallest absolute Gasteiger partial charge is 0.191 e. The molecule has 130 valence electrons. The van der Waals surface area contributed by atoms with Crippen LogP contribution in [0.1, 0.15) is 37.5 Å². The molecule has 0 saturated carbocycles. The van der Waals surface area contributed by atoms with Crippen molar-refractivity contribution in [3.63, 3.8) is 0 Å². The Hall–Kier alpha value is -2.23. The molecule has 0 aliphatic rings. The number of guanidine groups is 1. The van der Waals surface area contributed by atoms with Crippen LogP contribution < -0.4 is 10.6 Å². The summed E-state index contributed by atoms with van der Waals surface area (Å²) < 4.78 is 2.05. The van der Waals surface area contributed by atoms with Crippen LogP contribution in [0, 0.1) is 0 Å². The number of aromatic nitrogens is 1. The first-order chi connectivity index (χ1) is 11.4. The van der Waals surface area contributed by atoms with Crippen LogP contribution in [0.4, 0.5) is 0 Å². The minimum absolute atomic E-state index is 0.0383. The predicted molar refractivity (Wildman–Crippen MR) is 102 cm³/mol. The lowest BCUT2D eigenvalue weighted by Crippen LogP contribution is -2.43. The Kier molecular flexibility index (Phi) is 6.07. The topological polar surface area (TPSA) is 41.4 Å². The van der Waals surface area contributed by atoms with Gasteiger partial charge in [-0.3, -0.25) is 4.99 Å². The van der Waals surface area contributed by atoms with E-state index in [1.54, 1.807) is 0 Å². The van der Waals surface area contributed by atoms with Gasteiger partial charge in [-0.1, -0.05) is 45.0 Å². The number of nitrogens with zero attached hydrogens (tertiary/aromatic N) is 2. The van der Waals surface area contributed by atoms with Gasteiger partial charge in [-0.2, -0.15) is 0 Å². The first-order valence-electron chi connectivity index (χ1n) is 8.59. The van der Waals surface area contributed by atoms with E-state index < -0.39 is 0 Å². The van der Waals surface area contributed by atoms with Gasteiger partial charge in [0.05, 0.1) is 0 Å². The molecule has 2 aromatic rings. The highest BCUT2D eigenvalue weighted by atomic mass is 15.2. The highest BCUT2D eigenvalue weighted by molar-refractivity contribution is 5.79. The number of hydrogen-bond acceptors (Lipinski definition) is 1.